The average Bonchev–Trinajstić information content (AvgIpc) is 1.35. The Morgan fingerprint density at radius 3 is 1.83 bits per heavy atom. The maximum Gasteiger partial charge on any atom is 0.115 e. The van der Waals surface area contributed by atoms with E-state index in [4.69, 9.17) is 23.2 Å². The van der Waals surface area contributed by atoms with Gasteiger partial charge in [0.15, 0.2) is 0 Å². The van der Waals surface area contributed by atoms with E-state index in [0.29, 0.717) is 6.42 Å². The summed E-state index contributed by atoms with van der Waals surface area (Å²) in [4.78, 5) is 0. The van der Waals surface area contributed by atoms with E-state index in [1.165, 1.54) is 0 Å². The van der Waals surface area contributed by atoms with Crippen molar-refractivity contribution in [2.45, 2.75) is 17.7 Å². The van der Waals surface area contributed by atoms with Crippen LogP contribution in [-0.4, -0.2) is 4.33 Å². The molecule has 0 heterocycles. The van der Waals surface area contributed by atoms with E-state index in [1.54, 1.807) is 6.92 Å². The predicted molar refractivity (Wildman–Crippen MR) is 30.1 cm³/mol. The van der Waals surface area contributed by atoms with Crippen LogP contribution in [0.15, 0.2) is 0 Å². The fraction of sp³-hybridized carbons (Fsp3) is 0.750. The topological polar surface area (TPSA) is 0 Å². The molecule has 0 amide bonds. The van der Waals surface area contributed by atoms with Crippen molar-refractivity contribution in [2.75, 3.05) is 0 Å². The third kappa shape index (κ3) is 4.58. The molecular formula is C4H7Cl2. The van der Waals surface area contributed by atoms with Crippen LogP contribution in [0, 0.1) is 6.92 Å². The Morgan fingerprint density at radius 2 is 1.83 bits per heavy atom. The number of alkyl halides is 2. The van der Waals surface area contributed by atoms with Gasteiger partial charge in [-0.1, -0.05) is 6.92 Å². The fourth-order valence-electron chi connectivity index (χ4n) is 0. The third-order valence-electron chi connectivity index (χ3n) is 0.439. The second kappa shape index (κ2) is 2.04. The quantitative estimate of drug-likeness (QED) is 0.473. The van der Waals surface area contributed by atoms with Crippen molar-refractivity contribution in [1.82, 2.24) is 0 Å². The van der Waals surface area contributed by atoms with Crippen LogP contribution >= 0.6 is 23.2 Å². The van der Waals surface area contributed by atoms with Crippen molar-refractivity contribution in [2.24, 2.45) is 0 Å². The van der Waals surface area contributed by atoms with Crippen LogP contribution in [0.3, 0.4) is 0 Å². The van der Waals surface area contributed by atoms with Crippen molar-refractivity contribution in [3.63, 3.8) is 0 Å². The molecule has 0 aromatic rings. The minimum Gasteiger partial charge on any atom is -0.102 e. The number of hydrogen-bond acceptors (Lipinski definition) is 0. The summed E-state index contributed by atoms with van der Waals surface area (Å²) in [6, 6.07) is 0. The van der Waals surface area contributed by atoms with Gasteiger partial charge >= 0.3 is 0 Å². The first kappa shape index (κ1) is 6.58. The van der Waals surface area contributed by atoms with E-state index in [9.17, 15) is 0 Å². The molecule has 37 valence electrons. The number of rotatable bonds is 1. The van der Waals surface area contributed by atoms with E-state index in [0.717, 1.165) is 0 Å². The van der Waals surface area contributed by atoms with Crippen LogP contribution in [-0.2, 0) is 0 Å². The van der Waals surface area contributed by atoms with Crippen LogP contribution in [0.4, 0.5) is 0 Å². The highest BCUT2D eigenvalue weighted by atomic mass is 35.5. The molecule has 0 aliphatic rings. The molecular weight excluding hydrogens is 119 g/mol. The maximum atomic E-state index is 5.42. The monoisotopic (exact) mass is 125 g/mol. The lowest BCUT2D eigenvalue weighted by atomic mass is 10.4. The van der Waals surface area contributed by atoms with Crippen LogP contribution in [0.5, 0.6) is 0 Å². The Morgan fingerprint density at radius 1 is 1.67 bits per heavy atom. The Balaban J connectivity index is 3.17. The molecule has 0 rings (SSSR count). The second-order valence-electron chi connectivity index (χ2n) is 1.32. The van der Waals surface area contributed by atoms with Crippen LogP contribution in [0.1, 0.15) is 13.3 Å². The first-order chi connectivity index (χ1) is 2.56. The van der Waals surface area contributed by atoms with Crippen LogP contribution in [0.2, 0.25) is 0 Å². The highest BCUT2D eigenvalue weighted by Crippen LogP contribution is 2.22. The van der Waals surface area contributed by atoms with Gasteiger partial charge in [0.25, 0.3) is 0 Å². The normalized spacial score (nSPS) is 12.0. The minimum absolute atomic E-state index is 0.552. The first-order valence-electron chi connectivity index (χ1n) is 1.73. The predicted octanol–water partition coefficient (Wildman–Crippen LogP) is 2.40. The molecule has 2 heteroatoms. The highest BCUT2D eigenvalue weighted by Gasteiger charge is 2.10. The molecule has 0 aliphatic heterocycles. The summed E-state index contributed by atoms with van der Waals surface area (Å²) in [5.74, 6) is 0. The Bertz CT molecular complexity index is 35.3. The zero-order valence-electron chi connectivity index (χ0n) is 3.67. The number of hydrogen-bond donors (Lipinski definition) is 0. The van der Waals surface area contributed by atoms with E-state index >= 15 is 0 Å². The lowest BCUT2D eigenvalue weighted by molar-refractivity contribution is 0.881. The molecule has 0 fully saturated rings. The Labute approximate surface area is 48.4 Å². The molecule has 0 saturated carbocycles. The van der Waals surface area contributed by atoms with Gasteiger partial charge < -0.3 is 0 Å². The SMILES string of the molecule is [CH2]CC(C)(Cl)Cl. The van der Waals surface area contributed by atoms with Gasteiger partial charge in [-0.2, -0.15) is 0 Å². The average molecular weight is 126 g/mol. The van der Waals surface area contributed by atoms with E-state index in [1.807, 2.05) is 0 Å². The smallest absolute Gasteiger partial charge is 0.102 e. The zero-order valence-corrected chi connectivity index (χ0v) is 5.18. The van der Waals surface area contributed by atoms with Gasteiger partial charge in [0.1, 0.15) is 4.33 Å². The van der Waals surface area contributed by atoms with Gasteiger partial charge in [0.2, 0.25) is 0 Å². The van der Waals surface area contributed by atoms with E-state index in [-0.39, 0.29) is 0 Å². The van der Waals surface area contributed by atoms with Gasteiger partial charge in [0.05, 0.1) is 0 Å². The molecule has 0 unspecified atom stereocenters. The fourth-order valence-corrected chi connectivity index (χ4v) is 0. The van der Waals surface area contributed by atoms with Crippen LogP contribution < -0.4 is 0 Å². The molecule has 0 atom stereocenters. The van der Waals surface area contributed by atoms with Crippen molar-refractivity contribution < 1.29 is 0 Å². The second-order valence-corrected chi connectivity index (χ2v) is 3.18. The van der Waals surface area contributed by atoms with Gasteiger partial charge in [-0.05, 0) is 13.3 Å². The lowest BCUT2D eigenvalue weighted by Gasteiger charge is -2.05. The van der Waals surface area contributed by atoms with Crippen molar-refractivity contribution >= 4 is 23.2 Å². The van der Waals surface area contributed by atoms with E-state index in [2.05, 4.69) is 6.92 Å². The molecule has 0 aliphatic carbocycles. The molecule has 1 radical (unpaired) electrons. The summed E-state index contributed by atoms with van der Waals surface area (Å²) < 4.78 is -0.625. The third-order valence-corrected chi connectivity index (χ3v) is 0.817. The molecule has 0 nitrogen and oxygen atoms in total. The molecule has 0 saturated heterocycles. The van der Waals surface area contributed by atoms with E-state index < -0.39 is 4.33 Å². The molecule has 6 heavy (non-hydrogen) atoms. The molecule has 0 N–H and O–H groups in total. The molecule has 0 spiro atoms. The van der Waals surface area contributed by atoms with Crippen molar-refractivity contribution in [3.05, 3.63) is 6.92 Å². The van der Waals surface area contributed by atoms with Crippen LogP contribution in [0.25, 0.3) is 0 Å². The summed E-state index contributed by atoms with van der Waals surface area (Å²) in [5.41, 5.74) is 0. The van der Waals surface area contributed by atoms with Crippen molar-refractivity contribution in [1.29, 1.82) is 0 Å². The molecule has 0 aromatic heterocycles. The summed E-state index contributed by atoms with van der Waals surface area (Å²) in [7, 11) is 0. The van der Waals surface area contributed by atoms with Gasteiger partial charge in [-0.25, -0.2) is 0 Å². The van der Waals surface area contributed by atoms with Gasteiger partial charge in [-0.3, -0.25) is 0 Å². The Hall–Kier alpha value is 0.580. The highest BCUT2D eigenvalue weighted by molar-refractivity contribution is 6.48. The maximum absolute atomic E-state index is 5.42. The first-order valence-corrected chi connectivity index (χ1v) is 2.49. The van der Waals surface area contributed by atoms with Gasteiger partial charge in [0, 0.05) is 0 Å². The summed E-state index contributed by atoms with van der Waals surface area (Å²) >= 11 is 10.8. The standard InChI is InChI=1S/C4H7Cl2/c1-3-4(2,5)6/h1,3H2,2H3. The number of halogens is 2. The summed E-state index contributed by atoms with van der Waals surface area (Å²) in [6.07, 6.45) is 0.552. The zero-order chi connectivity index (χ0) is 5.21. The van der Waals surface area contributed by atoms with Gasteiger partial charge in [-0.15, -0.1) is 23.2 Å². The summed E-state index contributed by atoms with van der Waals surface area (Å²) in [5, 5.41) is 0. The lowest BCUT2D eigenvalue weighted by Crippen LogP contribution is -2.01. The minimum atomic E-state index is -0.625. The van der Waals surface area contributed by atoms with Crippen molar-refractivity contribution in [3.8, 4) is 0 Å². The summed E-state index contributed by atoms with van der Waals surface area (Å²) in [6.45, 7) is 5.20. The molecule has 0 aromatic carbocycles. The largest absolute Gasteiger partial charge is 0.115 e. The molecule has 0 bridgehead atoms. The Kier molecular flexibility index (Phi) is 2.23.